The van der Waals surface area contributed by atoms with E-state index in [2.05, 4.69) is 5.32 Å². The first kappa shape index (κ1) is 23.7. The number of carbonyl (C=O) groups is 3. The monoisotopic (exact) mass is 497 g/mol. The third-order valence-corrected chi connectivity index (χ3v) is 6.72. The van der Waals surface area contributed by atoms with Gasteiger partial charge in [-0.1, -0.05) is 24.3 Å². The number of imide groups is 1. The van der Waals surface area contributed by atoms with Gasteiger partial charge in [-0.3, -0.25) is 14.5 Å². The van der Waals surface area contributed by atoms with Gasteiger partial charge in [0, 0.05) is 34.6 Å². The van der Waals surface area contributed by atoms with E-state index in [1.807, 2.05) is 0 Å². The number of benzene rings is 2. The Kier molecular flexibility index (Phi) is 5.42. The topological polar surface area (TPSA) is 80.6 Å². The molecule has 10 heteroatoms. The minimum absolute atomic E-state index is 0.221. The zero-order chi connectivity index (χ0) is 25.8. The molecule has 3 amide bonds. The van der Waals surface area contributed by atoms with E-state index in [1.54, 1.807) is 48.7 Å². The van der Waals surface area contributed by atoms with Gasteiger partial charge in [0.1, 0.15) is 5.75 Å². The molecule has 2 aliphatic heterocycles. The fourth-order valence-corrected chi connectivity index (χ4v) is 5.01. The predicted molar refractivity (Wildman–Crippen MR) is 123 cm³/mol. The second-order valence-electron chi connectivity index (χ2n) is 8.91. The molecule has 2 aliphatic rings. The molecule has 36 heavy (non-hydrogen) atoms. The van der Waals surface area contributed by atoms with Crippen molar-refractivity contribution in [2.75, 3.05) is 13.2 Å². The van der Waals surface area contributed by atoms with Crippen molar-refractivity contribution in [1.29, 1.82) is 0 Å². The van der Waals surface area contributed by atoms with Gasteiger partial charge in [-0.15, -0.1) is 0 Å². The van der Waals surface area contributed by atoms with Crippen LogP contribution < -0.4 is 10.1 Å². The van der Waals surface area contributed by atoms with Crippen LogP contribution in [-0.2, 0) is 16.5 Å². The molecule has 1 atom stereocenters. The number of carbonyl (C=O) groups excluding carboxylic acids is 3. The van der Waals surface area contributed by atoms with Crippen LogP contribution in [-0.4, -0.2) is 40.3 Å². The smallest absolute Gasteiger partial charge is 0.416 e. The second kappa shape index (κ2) is 8.25. The summed E-state index contributed by atoms with van der Waals surface area (Å²) >= 11 is 0. The number of fused-ring (bicyclic) bond motifs is 2. The van der Waals surface area contributed by atoms with Gasteiger partial charge in [-0.05, 0) is 44.2 Å². The van der Waals surface area contributed by atoms with Crippen molar-refractivity contribution >= 4 is 17.7 Å². The summed E-state index contributed by atoms with van der Waals surface area (Å²) in [7, 11) is 0. The lowest BCUT2D eigenvalue weighted by atomic mass is 9.84. The molecule has 3 aromatic rings. The van der Waals surface area contributed by atoms with Crippen molar-refractivity contribution in [3.63, 3.8) is 0 Å². The first-order valence-corrected chi connectivity index (χ1v) is 11.3. The molecular weight excluding hydrogens is 475 g/mol. The Morgan fingerprint density at radius 2 is 1.83 bits per heavy atom. The number of halogens is 3. The van der Waals surface area contributed by atoms with Crippen molar-refractivity contribution in [2.24, 2.45) is 0 Å². The summed E-state index contributed by atoms with van der Waals surface area (Å²) in [5.41, 5.74) is -0.141. The highest BCUT2D eigenvalue weighted by Gasteiger charge is 2.55. The largest absolute Gasteiger partial charge is 0.493 e. The standard InChI is InChI=1S/C26H22F3N3O4/c1-15-12-19(16(2)32(15)18-7-5-6-17(13-18)26(27,28)29)21(33)14-31-23(34)25(30-24(31)35)10-11-36-22-9-4-3-8-20(22)25/h3-9,12-13H,10-11,14H2,1-2H3,(H,30,35). The molecule has 1 unspecified atom stereocenters. The summed E-state index contributed by atoms with van der Waals surface area (Å²) in [6.45, 7) is 3.01. The lowest BCUT2D eigenvalue weighted by Crippen LogP contribution is -2.47. The average Bonchev–Trinajstić information content (AvgIpc) is 3.26. The number of amides is 3. The van der Waals surface area contributed by atoms with Gasteiger partial charge < -0.3 is 14.6 Å². The number of urea groups is 1. The molecule has 0 radical (unpaired) electrons. The van der Waals surface area contributed by atoms with Gasteiger partial charge in [0.05, 0.1) is 18.7 Å². The van der Waals surface area contributed by atoms with Crippen LogP contribution in [0.25, 0.3) is 5.69 Å². The maximum absolute atomic E-state index is 13.5. The number of nitrogens with one attached hydrogen (secondary N) is 1. The quantitative estimate of drug-likeness (QED) is 0.425. The van der Waals surface area contributed by atoms with Crippen LogP contribution in [0.3, 0.4) is 0 Å². The van der Waals surface area contributed by atoms with E-state index < -0.39 is 41.5 Å². The molecule has 1 N–H and O–H groups in total. The summed E-state index contributed by atoms with van der Waals surface area (Å²) in [5, 5.41) is 2.75. The van der Waals surface area contributed by atoms with Crippen LogP contribution in [0, 0.1) is 13.8 Å². The first-order chi connectivity index (χ1) is 17.0. The Bertz CT molecular complexity index is 1410. The molecule has 0 saturated carbocycles. The number of Topliss-reactive ketones (excluding diaryl/α,β-unsaturated/α-hetero) is 1. The molecule has 1 aromatic heterocycles. The Labute approximate surface area is 204 Å². The molecule has 2 aromatic carbocycles. The molecule has 0 aliphatic carbocycles. The van der Waals surface area contributed by atoms with Gasteiger partial charge in [0.2, 0.25) is 0 Å². The third-order valence-electron chi connectivity index (χ3n) is 6.72. The highest BCUT2D eigenvalue weighted by Crippen LogP contribution is 2.41. The van der Waals surface area contributed by atoms with Crippen molar-refractivity contribution in [1.82, 2.24) is 14.8 Å². The lowest BCUT2D eigenvalue weighted by molar-refractivity contribution is -0.137. The Morgan fingerprint density at radius 1 is 1.08 bits per heavy atom. The summed E-state index contributed by atoms with van der Waals surface area (Å²) in [4.78, 5) is 40.4. The predicted octanol–water partition coefficient (Wildman–Crippen LogP) is 4.53. The lowest BCUT2D eigenvalue weighted by Gasteiger charge is -2.33. The Hall–Kier alpha value is -4.08. The SMILES string of the molecule is Cc1cc(C(=O)CN2C(=O)NC3(CCOc4ccccc43)C2=O)c(C)n1-c1cccc(C(F)(F)F)c1. The van der Waals surface area contributed by atoms with Crippen LogP contribution in [0.5, 0.6) is 5.75 Å². The number of hydrogen-bond donors (Lipinski definition) is 1. The van der Waals surface area contributed by atoms with Gasteiger partial charge in [0.25, 0.3) is 5.91 Å². The minimum atomic E-state index is -4.51. The van der Waals surface area contributed by atoms with E-state index >= 15 is 0 Å². The Balaban J connectivity index is 1.44. The highest BCUT2D eigenvalue weighted by molar-refractivity contribution is 6.12. The first-order valence-electron chi connectivity index (χ1n) is 11.3. The van der Waals surface area contributed by atoms with E-state index in [-0.39, 0.29) is 24.3 Å². The van der Waals surface area contributed by atoms with E-state index in [4.69, 9.17) is 4.74 Å². The molecule has 1 fully saturated rings. The zero-order valence-corrected chi connectivity index (χ0v) is 19.5. The molecule has 1 spiro atoms. The molecule has 3 heterocycles. The number of ketones is 1. The molecule has 186 valence electrons. The molecular formula is C26H22F3N3O4. The zero-order valence-electron chi connectivity index (χ0n) is 19.5. The Morgan fingerprint density at radius 3 is 2.58 bits per heavy atom. The number of hydrogen-bond acceptors (Lipinski definition) is 4. The van der Waals surface area contributed by atoms with Crippen LogP contribution in [0.1, 0.15) is 39.3 Å². The summed E-state index contributed by atoms with van der Waals surface area (Å²) in [6, 6.07) is 12.6. The molecule has 7 nitrogen and oxygen atoms in total. The van der Waals surface area contributed by atoms with Crippen LogP contribution in [0.15, 0.2) is 54.6 Å². The summed E-state index contributed by atoms with van der Waals surface area (Å²) < 4.78 is 46.8. The summed E-state index contributed by atoms with van der Waals surface area (Å²) in [6.07, 6.45) is -4.28. The average molecular weight is 497 g/mol. The molecule has 0 bridgehead atoms. The minimum Gasteiger partial charge on any atom is -0.493 e. The number of alkyl halides is 3. The number of aromatic nitrogens is 1. The maximum atomic E-state index is 13.5. The van der Waals surface area contributed by atoms with Gasteiger partial charge in [-0.25, -0.2) is 4.79 Å². The van der Waals surface area contributed by atoms with E-state index in [0.717, 1.165) is 17.0 Å². The second-order valence-corrected chi connectivity index (χ2v) is 8.91. The fraction of sp³-hybridized carbons (Fsp3) is 0.269. The number of rotatable bonds is 4. The van der Waals surface area contributed by atoms with Crippen LogP contribution in [0.4, 0.5) is 18.0 Å². The number of aryl methyl sites for hydroxylation is 1. The van der Waals surface area contributed by atoms with E-state index in [1.165, 1.54) is 12.1 Å². The van der Waals surface area contributed by atoms with Crippen LogP contribution >= 0.6 is 0 Å². The number of para-hydroxylation sites is 1. The van der Waals surface area contributed by atoms with Gasteiger partial charge >= 0.3 is 12.2 Å². The van der Waals surface area contributed by atoms with Gasteiger partial charge in [0.15, 0.2) is 11.3 Å². The van der Waals surface area contributed by atoms with Crippen molar-refractivity contribution < 1.29 is 32.3 Å². The van der Waals surface area contributed by atoms with Crippen molar-refractivity contribution in [2.45, 2.75) is 32.0 Å². The van der Waals surface area contributed by atoms with Gasteiger partial charge in [-0.2, -0.15) is 13.2 Å². The number of ether oxygens (including phenoxy) is 1. The van der Waals surface area contributed by atoms with E-state index in [0.29, 0.717) is 22.7 Å². The molecule has 1 saturated heterocycles. The highest BCUT2D eigenvalue weighted by atomic mass is 19.4. The van der Waals surface area contributed by atoms with Crippen molar-refractivity contribution in [3.05, 3.63) is 82.7 Å². The summed E-state index contributed by atoms with van der Waals surface area (Å²) in [5.74, 6) is -0.541. The normalized spacial score (nSPS) is 19.3. The fourth-order valence-electron chi connectivity index (χ4n) is 5.01. The van der Waals surface area contributed by atoms with E-state index in [9.17, 15) is 27.6 Å². The number of nitrogens with zero attached hydrogens (tertiary/aromatic N) is 2. The van der Waals surface area contributed by atoms with Crippen LogP contribution in [0.2, 0.25) is 0 Å². The van der Waals surface area contributed by atoms with Crippen molar-refractivity contribution in [3.8, 4) is 11.4 Å². The maximum Gasteiger partial charge on any atom is 0.416 e. The molecule has 5 rings (SSSR count). The third kappa shape index (κ3) is 3.64.